The molecule has 17 heavy (non-hydrogen) atoms. The van der Waals surface area contributed by atoms with Gasteiger partial charge in [0.1, 0.15) is 13.1 Å². The Kier molecular flexibility index (Phi) is 4.74. The predicted molar refractivity (Wildman–Crippen MR) is 59.1 cm³/mol. The van der Waals surface area contributed by atoms with Gasteiger partial charge < -0.3 is 21.1 Å². The van der Waals surface area contributed by atoms with Crippen LogP contribution in [-0.2, 0) is 9.59 Å². The van der Waals surface area contributed by atoms with Gasteiger partial charge in [0.2, 0.25) is 5.91 Å². The molecular formula is C10H17N3O4. The number of aliphatic carboxylic acids is 1. The molecule has 0 radical (unpaired) electrons. The molecule has 4 N–H and O–H groups in total. The number of hydrogen-bond donors (Lipinski definition) is 3. The molecule has 3 amide bonds. The molecule has 0 unspecified atom stereocenters. The third-order valence-electron chi connectivity index (χ3n) is 2.73. The molecule has 0 aromatic heterocycles. The fourth-order valence-electron chi connectivity index (χ4n) is 1.59. The van der Waals surface area contributed by atoms with E-state index in [0.717, 1.165) is 17.7 Å². The van der Waals surface area contributed by atoms with Gasteiger partial charge >= 0.3 is 12.0 Å². The van der Waals surface area contributed by atoms with Gasteiger partial charge in [-0.2, -0.15) is 0 Å². The van der Waals surface area contributed by atoms with Crippen molar-refractivity contribution in [1.82, 2.24) is 10.2 Å². The Morgan fingerprint density at radius 1 is 1.29 bits per heavy atom. The average molecular weight is 243 g/mol. The highest BCUT2D eigenvalue weighted by atomic mass is 16.4. The normalized spacial score (nSPS) is 14.8. The lowest BCUT2D eigenvalue weighted by molar-refractivity contribution is -0.137. The lowest BCUT2D eigenvalue weighted by atomic mass is 9.85. The predicted octanol–water partition coefficient (Wildman–Crippen LogP) is -0.632. The number of rotatable bonds is 6. The van der Waals surface area contributed by atoms with E-state index in [4.69, 9.17) is 10.8 Å². The molecule has 0 aromatic rings. The summed E-state index contributed by atoms with van der Waals surface area (Å²) in [6, 6.07) is -0.557. The van der Waals surface area contributed by atoms with Gasteiger partial charge in [0, 0.05) is 6.54 Å². The zero-order valence-electron chi connectivity index (χ0n) is 9.52. The maximum Gasteiger partial charge on any atom is 0.323 e. The molecule has 0 aliphatic heterocycles. The van der Waals surface area contributed by atoms with Gasteiger partial charge in [-0.05, 0) is 18.8 Å². The zero-order valence-corrected chi connectivity index (χ0v) is 9.52. The molecule has 0 aromatic carbocycles. The van der Waals surface area contributed by atoms with Crippen molar-refractivity contribution in [3.05, 3.63) is 0 Å². The molecule has 0 saturated heterocycles. The van der Waals surface area contributed by atoms with Crippen LogP contribution in [0.2, 0.25) is 0 Å². The van der Waals surface area contributed by atoms with Gasteiger partial charge in [-0.15, -0.1) is 0 Å². The number of carboxylic acids is 1. The van der Waals surface area contributed by atoms with Gasteiger partial charge in [0.15, 0.2) is 0 Å². The number of urea groups is 1. The second-order valence-corrected chi connectivity index (χ2v) is 4.20. The summed E-state index contributed by atoms with van der Waals surface area (Å²) in [5, 5.41) is 11.2. The fraction of sp³-hybridized carbons (Fsp3) is 0.700. The van der Waals surface area contributed by atoms with Crippen LogP contribution in [0.5, 0.6) is 0 Å². The van der Waals surface area contributed by atoms with Gasteiger partial charge in [0.05, 0.1) is 0 Å². The van der Waals surface area contributed by atoms with E-state index in [-0.39, 0.29) is 6.54 Å². The molecule has 0 atom stereocenters. The smallest absolute Gasteiger partial charge is 0.323 e. The number of carbonyl (C=O) groups is 3. The summed E-state index contributed by atoms with van der Waals surface area (Å²) >= 11 is 0. The van der Waals surface area contributed by atoms with Crippen molar-refractivity contribution in [2.24, 2.45) is 11.7 Å². The van der Waals surface area contributed by atoms with Gasteiger partial charge in [-0.25, -0.2) is 4.79 Å². The molecule has 96 valence electrons. The summed E-state index contributed by atoms with van der Waals surface area (Å²) in [7, 11) is 0. The zero-order chi connectivity index (χ0) is 12.8. The summed E-state index contributed by atoms with van der Waals surface area (Å²) in [6.45, 7) is -0.393. The molecule has 1 aliphatic rings. The second-order valence-electron chi connectivity index (χ2n) is 4.20. The highest BCUT2D eigenvalue weighted by Gasteiger charge is 2.22. The standard InChI is InChI=1S/C10H17N3O4/c11-8(14)5-13(6-9(15)16)10(17)12-4-7-2-1-3-7/h7H,1-6H2,(H2,11,14)(H,12,17)(H,15,16). The van der Waals surface area contributed by atoms with E-state index in [9.17, 15) is 14.4 Å². The highest BCUT2D eigenvalue weighted by Crippen LogP contribution is 2.25. The lowest BCUT2D eigenvalue weighted by Crippen LogP contribution is -2.48. The van der Waals surface area contributed by atoms with Crippen LogP contribution >= 0.6 is 0 Å². The van der Waals surface area contributed by atoms with Gasteiger partial charge in [0.25, 0.3) is 0 Å². The van der Waals surface area contributed by atoms with E-state index in [0.29, 0.717) is 12.5 Å². The molecule has 7 nitrogen and oxygen atoms in total. The summed E-state index contributed by atoms with van der Waals surface area (Å²) in [5.41, 5.74) is 4.95. The minimum Gasteiger partial charge on any atom is -0.480 e. The Balaban J connectivity index is 2.39. The number of nitrogens with zero attached hydrogens (tertiary/aromatic N) is 1. The first kappa shape index (κ1) is 13.3. The van der Waals surface area contributed by atoms with Crippen molar-refractivity contribution in [3.63, 3.8) is 0 Å². The minimum absolute atomic E-state index is 0.386. The molecule has 1 saturated carbocycles. The Labute approximate surface area is 98.9 Å². The molecule has 1 aliphatic carbocycles. The number of carboxylic acid groups (broad SMARTS) is 1. The van der Waals surface area contributed by atoms with Crippen LogP contribution in [0.25, 0.3) is 0 Å². The molecule has 0 bridgehead atoms. The van der Waals surface area contributed by atoms with Crippen LogP contribution in [0.4, 0.5) is 4.79 Å². The maximum absolute atomic E-state index is 11.6. The molecule has 1 fully saturated rings. The third-order valence-corrected chi connectivity index (χ3v) is 2.73. The number of hydrogen-bond acceptors (Lipinski definition) is 3. The number of nitrogens with one attached hydrogen (secondary N) is 1. The third kappa shape index (κ3) is 4.71. The number of nitrogens with two attached hydrogens (primary N) is 1. The maximum atomic E-state index is 11.6. The summed E-state index contributed by atoms with van der Waals surface area (Å²) in [4.78, 5) is 33.7. The first-order valence-corrected chi connectivity index (χ1v) is 5.52. The molecular weight excluding hydrogens is 226 g/mol. The summed E-state index contributed by atoms with van der Waals surface area (Å²) in [5.74, 6) is -1.44. The highest BCUT2D eigenvalue weighted by molar-refractivity contribution is 5.85. The van der Waals surface area contributed by atoms with E-state index in [1.54, 1.807) is 0 Å². The van der Waals surface area contributed by atoms with Crippen LogP contribution < -0.4 is 11.1 Å². The number of amides is 3. The Hall–Kier alpha value is -1.79. The SMILES string of the molecule is NC(=O)CN(CC(=O)O)C(=O)NCC1CCC1. The topological polar surface area (TPSA) is 113 Å². The van der Waals surface area contributed by atoms with Crippen molar-refractivity contribution in [2.75, 3.05) is 19.6 Å². The monoisotopic (exact) mass is 243 g/mol. The minimum atomic E-state index is -1.18. The Bertz CT molecular complexity index is 299. The van der Waals surface area contributed by atoms with E-state index in [1.165, 1.54) is 6.42 Å². The number of carbonyl (C=O) groups excluding carboxylic acids is 2. The molecule has 1 rings (SSSR count). The van der Waals surface area contributed by atoms with Crippen molar-refractivity contribution >= 4 is 17.9 Å². The average Bonchev–Trinajstić information content (AvgIpc) is 2.12. The van der Waals surface area contributed by atoms with Gasteiger partial charge in [-0.1, -0.05) is 6.42 Å². The fourth-order valence-corrected chi connectivity index (χ4v) is 1.59. The second kappa shape index (κ2) is 6.07. The quantitative estimate of drug-likeness (QED) is 0.576. The molecule has 7 heteroatoms. The summed E-state index contributed by atoms with van der Waals surface area (Å²) < 4.78 is 0. The summed E-state index contributed by atoms with van der Waals surface area (Å²) in [6.07, 6.45) is 3.32. The van der Waals surface area contributed by atoms with Crippen molar-refractivity contribution in [1.29, 1.82) is 0 Å². The molecule has 0 spiro atoms. The van der Waals surface area contributed by atoms with E-state index < -0.39 is 24.5 Å². The van der Waals surface area contributed by atoms with Crippen molar-refractivity contribution in [2.45, 2.75) is 19.3 Å². The van der Waals surface area contributed by atoms with Crippen LogP contribution in [-0.4, -0.2) is 47.5 Å². The van der Waals surface area contributed by atoms with E-state index >= 15 is 0 Å². The Morgan fingerprint density at radius 3 is 2.35 bits per heavy atom. The van der Waals surface area contributed by atoms with Crippen LogP contribution in [0.15, 0.2) is 0 Å². The van der Waals surface area contributed by atoms with Gasteiger partial charge in [-0.3, -0.25) is 9.59 Å². The lowest BCUT2D eigenvalue weighted by Gasteiger charge is -2.27. The first-order valence-electron chi connectivity index (χ1n) is 5.52. The van der Waals surface area contributed by atoms with Crippen LogP contribution in [0.1, 0.15) is 19.3 Å². The van der Waals surface area contributed by atoms with Crippen molar-refractivity contribution in [3.8, 4) is 0 Å². The molecule has 0 heterocycles. The van der Waals surface area contributed by atoms with E-state index in [1.807, 2.05) is 0 Å². The Morgan fingerprint density at radius 2 is 1.94 bits per heavy atom. The van der Waals surface area contributed by atoms with Crippen molar-refractivity contribution < 1.29 is 19.5 Å². The first-order chi connectivity index (χ1) is 7.99. The van der Waals surface area contributed by atoms with E-state index in [2.05, 4.69) is 5.32 Å². The number of primary amides is 1. The van der Waals surface area contributed by atoms with Crippen LogP contribution in [0.3, 0.4) is 0 Å². The van der Waals surface area contributed by atoms with Crippen LogP contribution in [0, 0.1) is 5.92 Å². The largest absolute Gasteiger partial charge is 0.480 e.